The Morgan fingerprint density at radius 2 is 2.19 bits per heavy atom. The maximum atomic E-state index is 12.9. The molecule has 3 rings (SSSR count). The molecule has 1 aliphatic heterocycles. The second kappa shape index (κ2) is 8.76. The molecule has 138 valence electrons. The molecule has 0 bridgehead atoms. The highest BCUT2D eigenvalue weighted by atomic mass is 16.5. The monoisotopic (exact) mass is 355 g/mol. The van der Waals surface area contributed by atoms with Crippen molar-refractivity contribution in [3.8, 4) is 5.75 Å². The van der Waals surface area contributed by atoms with Gasteiger partial charge in [-0.2, -0.15) is 0 Å². The first-order valence-electron chi connectivity index (χ1n) is 8.94. The Bertz CT molecular complexity index is 751. The quantitative estimate of drug-likeness (QED) is 0.795. The molecule has 1 aromatic carbocycles. The molecule has 26 heavy (non-hydrogen) atoms. The Kier molecular flexibility index (Phi) is 6.17. The first kappa shape index (κ1) is 18.3. The molecular weight excluding hydrogens is 330 g/mol. The smallest absolute Gasteiger partial charge is 0.227 e. The summed E-state index contributed by atoms with van der Waals surface area (Å²) in [6.07, 6.45) is 5.40. The number of hydrogen-bond acceptors (Lipinski definition) is 5. The van der Waals surface area contributed by atoms with Crippen molar-refractivity contribution < 1.29 is 14.3 Å². The van der Waals surface area contributed by atoms with E-state index in [0.29, 0.717) is 26.2 Å². The van der Waals surface area contributed by atoms with Crippen LogP contribution in [0.3, 0.4) is 0 Å². The number of rotatable bonds is 6. The van der Waals surface area contributed by atoms with Crippen LogP contribution in [0, 0.1) is 6.92 Å². The third-order valence-corrected chi connectivity index (χ3v) is 4.73. The predicted octanol–water partition coefficient (Wildman–Crippen LogP) is 2.20. The number of morpholine rings is 1. The second-order valence-electron chi connectivity index (χ2n) is 6.47. The van der Waals surface area contributed by atoms with Gasteiger partial charge in [0.05, 0.1) is 44.2 Å². The van der Waals surface area contributed by atoms with Gasteiger partial charge in [-0.15, -0.1) is 0 Å². The summed E-state index contributed by atoms with van der Waals surface area (Å²) in [6.45, 7) is 3.76. The first-order valence-corrected chi connectivity index (χ1v) is 8.94. The molecule has 1 aliphatic rings. The van der Waals surface area contributed by atoms with E-state index in [1.165, 1.54) is 0 Å². The van der Waals surface area contributed by atoms with Crippen LogP contribution in [0.15, 0.2) is 36.7 Å². The molecular formula is C20H25N3O3. The van der Waals surface area contributed by atoms with Gasteiger partial charge in [0.25, 0.3) is 0 Å². The van der Waals surface area contributed by atoms with Gasteiger partial charge in [-0.1, -0.05) is 12.1 Å². The average Bonchev–Trinajstić information content (AvgIpc) is 2.67. The highest BCUT2D eigenvalue weighted by molar-refractivity contribution is 5.79. The Labute approximate surface area is 154 Å². The minimum atomic E-state index is 0.0725. The molecule has 6 heteroatoms. The van der Waals surface area contributed by atoms with E-state index in [1.54, 1.807) is 19.5 Å². The summed E-state index contributed by atoms with van der Waals surface area (Å²) in [4.78, 5) is 23.5. The van der Waals surface area contributed by atoms with Crippen LogP contribution in [0.1, 0.15) is 23.4 Å². The van der Waals surface area contributed by atoms with Gasteiger partial charge in [0.2, 0.25) is 5.91 Å². The number of carbonyl (C=O) groups excluding carboxylic acids is 1. The van der Waals surface area contributed by atoms with E-state index in [4.69, 9.17) is 9.47 Å². The average molecular weight is 355 g/mol. The van der Waals surface area contributed by atoms with Crippen LogP contribution in [0.4, 0.5) is 0 Å². The van der Waals surface area contributed by atoms with Crippen LogP contribution in [0.5, 0.6) is 5.75 Å². The highest BCUT2D eigenvalue weighted by Crippen LogP contribution is 2.18. The summed E-state index contributed by atoms with van der Waals surface area (Å²) < 4.78 is 10.9. The van der Waals surface area contributed by atoms with Crippen molar-refractivity contribution in [3.63, 3.8) is 0 Å². The van der Waals surface area contributed by atoms with Gasteiger partial charge in [-0.05, 0) is 37.5 Å². The number of carbonyl (C=O) groups is 1. The summed E-state index contributed by atoms with van der Waals surface area (Å²) in [7, 11) is 1.63. The van der Waals surface area contributed by atoms with Crippen molar-refractivity contribution in [1.82, 2.24) is 14.9 Å². The van der Waals surface area contributed by atoms with Gasteiger partial charge in [0.1, 0.15) is 5.75 Å². The second-order valence-corrected chi connectivity index (χ2v) is 6.47. The standard InChI is InChI=1S/C20H25N3O3/c1-15-19(22-9-8-21-15)7-6-17-14-26-11-10-23(17)20(24)13-16-4-3-5-18(12-16)25-2/h3-5,8-9,12,17H,6-7,10-11,13-14H2,1-2H3/t17-/m1/s1. The number of aryl methyl sites for hydroxylation is 2. The van der Waals surface area contributed by atoms with Crippen LogP contribution in [-0.2, 0) is 22.4 Å². The molecule has 2 heterocycles. The number of ether oxygens (including phenoxy) is 2. The number of hydrogen-bond donors (Lipinski definition) is 0. The molecule has 0 unspecified atom stereocenters. The van der Waals surface area contributed by atoms with Gasteiger partial charge in [-0.3, -0.25) is 14.8 Å². The molecule has 1 fully saturated rings. The van der Waals surface area contributed by atoms with Crippen LogP contribution >= 0.6 is 0 Å². The fourth-order valence-electron chi connectivity index (χ4n) is 3.27. The summed E-state index contributed by atoms with van der Waals surface area (Å²) >= 11 is 0. The lowest BCUT2D eigenvalue weighted by atomic mass is 10.0. The van der Waals surface area contributed by atoms with Gasteiger partial charge in [0, 0.05) is 18.9 Å². The molecule has 1 aromatic heterocycles. The third kappa shape index (κ3) is 4.58. The van der Waals surface area contributed by atoms with Crippen molar-refractivity contribution in [2.75, 3.05) is 26.9 Å². The summed E-state index contributed by atoms with van der Waals surface area (Å²) in [5, 5.41) is 0. The van der Waals surface area contributed by atoms with E-state index in [-0.39, 0.29) is 11.9 Å². The first-order chi connectivity index (χ1) is 12.7. The molecule has 0 radical (unpaired) electrons. The molecule has 2 aromatic rings. The minimum absolute atomic E-state index is 0.0725. The number of nitrogens with zero attached hydrogens (tertiary/aromatic N) is 3. The summed E-state index contributed by atoms with van der Waals surface area (Å²) in [5.74, 6) is 0.898. The van der Waals surface area contributed by atoms with Gasteiger partial charge in [-0.25, -0.2) is 0 Å². The lowest BCUT2D eigenvalue weighted by Crippen LogP contribution is -2.49. The lowest BCUT2D eigenvalue weighted by Gasteiger charge is -2.36. The molecule has 0 spiro atoms. The maximum absolute atomic E-state index is 12.9. The van der Waals surface area contributed by atoms with Crippen molar-refractivity contribution in [1.29, 1.82) is 0 Å². The number of amides is 1. The Morgan fingerprint density at radius 3 is 3.00 bits per heavy atom. The zero-order valence-electron chi connectivity index (χ0n) is 15.4. The fraction of sp³-hybridized carbons (Fsp3) is 0.450. The predicted molar refractivity (Wildman–Crippen MR) is 98.1 cm³/mol. The molecule has 1 atom stereocenters. The third-order valence-electron chi connectivity index (χ3n) is 4.73. The van der Waals surface area contributed by atoms with Crippen molar-refractivity contribution in [2.24, 2.45) is 0 Å². The Morgan fingerprint density at radius 1 is 1.35 bits per heavy atom. The van der Waals surface area contributed by atoms with Gasteiger partial charge >= 0.3 is 0 Å². The van der Waals surface area contributed by atoms with Crippen LogP contribution in [0.2, 0.25) is 0 Å². The molecule has 1 saturated heterocycles. The maximum Gasteiger partial charge on any atom is 0.227 e. The van der Waals surface area contributed by atoms with Crippen molar-refractivity contribution >= 4 is 5.91 Å². The Hall–Kier alpha value is -2.47. The molecule has 0 saturated carbocycles. The topological polar surface area (TPSA) is 64.5 Å². The zero-order chi connectivity index (χ0) is 18.4. The van der Waals surface area contributed by atoms with Gasteiger partial charge in [0.15, 0.2) is 0 Å². The molecule has 0 N–H and O–H groups in total. The van der Waals surface area contributed by atoms with E-state index < -0.39 is 0 Å². The van der Waals surface area contributed by atoms with E-state index in [2.05, 4.69) is 9.97 Å². The molecule has 1 amide bonds. The fourth-order valence-corrected chi connectivity index (χ4v) is 3.27. The summed E-state index contributed by atoms with van der Waals surface area (Å²) in [6, 6.07) is 7.74. The number of methoxy groups -OCH3 is 1. The molecule has 0 aliphatic carbocycles. The zero-order valence-corrected chi connectivity index (χ0v) is 15.4. The molecule has 6 nitrogen and oxygen atoms in total. The van der Waals surface area contributed by atoms with Gasteiger partial charge < -0.3 is 14.4 Å². The van der Waals surface area contributed by atoms with Crippen molar-refractivity contribution in [3.05, 3.63) is 53.6 Å². The highest BCUT2D eigenvalue weighted by Gasteiger charge is 2.27. The minimum Gasteiger partial charge on any atom is -0.497 e. The van der Waals surface area contributed by atoms with Crippen LogP contribution in [-0.4, -0.2) is 53.7 Å². The normalized spacial score (nSPS) is 17.2. The number of aromatic nitrogens is 2. The van der Waals surface area contributed by atoms with E-state index in [0.717, 1.165) is 35.5 Å². The van der Waals surface area contributed by atoms with E-state index >= 15 is 0 Å². The van der Waals surface area contributed by atoms with Crippen molar-refractivity contribution in [2.45, 2.75) is 32.2 Å². The van der Waals surface area contributed by atoms with E-state index in [1.807, 2.05) is 36.1 Å². The van der Waals surface area contributed by atoms with Crippen LogP contribution < -0.4 is 4.74 Å². The largest absolute Gasteiger partial charge is 0.497 e. The SMILES string of the molecule is COc1cccc(CC(=O)N2CCOC[C@H]2CCc2nccnc2C)c1. The lowest BCUT2D eigenvalue weighted by molar-refractivity contribution is -0.139. The van der Waals surface area contributed by atoms with Crippen LogP contribution in [0.25, 0.3) is 0 Å². The number of benzene rings is 1. The van der Waals surface area contributed by atoms with E-state index in [9.17, 15) is 4.79 Å². The summed E-state index contributed by atoms with van der Waals surface area (Å²) in [5.41, 5.74) is 2.89. The Balaban J connectivity index is 1.64.